The van der Waals surface area contributed by atoms with Crippen LogP contribution < -0.4 is 5.32 Å². The first-order valence-electron chi connectivity index (χ1n) is 7.90. The molecule has 28 heavy (non-hydrogen) atoms. The van der Waals surface area contributed by atoms with Crippen molar-refractivity contribution in [2.45, 2.75) is 12.7 Å². The minimum absolute atomic E-state index is 0.0240. The number of hydrogen-bond donors (Lipinski definition) is 1. The SMILES string of the molecule is FC(F)(F)c1ccc(CN=Nc2nc(Cl)cc(Nc3ccc(Cl)cc3)n2)cc1. The number of halogens is 5. The molecule has 1 N–H and O–H groups in total. The zero-order valence-electron chi connectivity index (χ0n) is 14.1. The van der Waals surface area contributed by atoms with Gasteiger partial charge in [0.2, 0.25) is 0 Å². The molecular formula is C18H12Cl2F3N5. The molecule has 1 aromatic heterocycles. The van der Waals surface area contributed by atoms with Crippen LogP contribution in [0.25, 0.3) is 0 Å². The van der Waals surface area contributed by atoms with Gasteiger partial charge in [-0.2, -0.15) is 28.3 Å². The Kier molecular flexibility index (Phi) is 6.11. The highest BCUT2D eigenvalue weighted by Crippen LogP contribution is 2.29. The van der Waals surface area contributed by atoms with Gasteiger partial charge in [0.25, 0.3) is 5.95 Å². The molecule has 3 aromatic rings. The third kappa shape index (κ3) is 5.64. The van der Waals surface area contributed by atoms with Crippen LogP contribution in [-0.4, -0.2) is 9.97 Å². The van der Waals surface area contributed by atoms with Gasteiger partial charge in [0, 0.05) is 16.8 Å². The molecule has 0 unspecified atom stereocenters. The zero-order chi connectivity index (χ0) is 20.1. The number of aromatic nitrogens is 2. The van der Waals surface area contributed by atoms with Crippen LogP contribution in [-0.2, 0) is 12.7 Å². The smallest absolute Gasteiger partial charge is 0.340 e. The van der Waals surface area contributed by atoms with Crippen molar-refractivity contribution in [2.24, 2.45) is 10.2 Å². The summed E-state index contributed by atoms with van der Waals surface area (Å²) in [6.45, 7) is 0.0773. The molecule has 0 bridgehead atoms. The Bertz CT molecular complexity index is 974. The van der Waals surface area contributed by atoms with Crippen LogP contribution in [0.1, 0.15) is 11.1 Å². The minimum atomic E-state index is -4.37. The van der Waals surface area contributed by atoms with Gasteiger partial charge in [0.15, 0.2) is 0 Å². The molecule has 144 valence electrons. The Hall–Kier alpha value is -2.71. The van der Waals surface area contributed by atoms with Crippen molar-refractivity contribution in [3.63, 3.8) is 0 Å². The van der Waals surface area contributed by atoms with E-state index in [2.05, 4.69) is 25.5 Å². The van der Waals surface area contributed by atoms with Crippen LogP contribution >= 0.6 is 23.2 Å². The second kappa shape index (κ2) is 8.53. The lowest BCUT2D eigenvalue weighted by Crippen LogP contribution is -2.04. The van der Waals surface area contributed by atoms with Gasteiger partial charge in [0.05, 0.1) is 12.1 Å². The van der Waals surface area contributed by atoms with Gasteiger partial charge in [0.1, 0.15) is 11.0 Å². The van der Waals surface area contributed by atoms with Gasteiger partial charge < -0.3 is 5.32 Å². The Morgan fingerprint density at radius 2 is 1.61 bits per heavy atom. The molecule has 0 radical (unpaired) electrons. The van der Waals surface area contributed by atoms with Gasteiger partial charge in [-0.25, -0.2) is 0 Å². The van der Waals surface area contributed by atoms with Crippen LogP contribution in [0.4, 0.5) is 30.6 Å². The number of nitrogens with zero attached hydrogens (tertiary/aromatic N) is 4. The number of anilines is 2. The highest BCUT2D eigenvalue weighted by Gasteiger charge is 2.29. The molecule has 0 fully saturated rings. The van der Waals surface area contributed by atoms with Crippen LogP contribution in [0, 0.1) is 0 Å². The highest BCUT2D eigenvalue weighted by molar-refractivity contribution is 6.30. The standard InChI is InChI=1S/C18H12Cl2F3N5/c19-13-5-7-14(8-6-13)25-16-9-15(20)26-17(27-16)28-24-10-11-1-3-12(4-2-11)18(21,22)23/h1-9H,10H2,(H,25,26,27). The minimum Gasteiger partial charge on any atom is -0.340 e. The second-order valence-corrected chi connectivity index (χ2v) is 6.43. The van der Waals surface area contributed by atoms with E-state index in [1.807, 2.05) is 0 Å². The van der Waals surface area contributed by atoms with E-state index in [9.17, 15) is 13.2 Å². The lowest BCUT2D eigenvalue weighted by molar-refractivity contribution is -0.137. The van der Waals surface area contributed by atoms with Crippen molar-refractivity contribution >= 4 is 40.7 Å². The van der Waals surface area contributed by atoms with Crippen LogP contribution in [0.15, 0.2) is 64.8 Å². The van der Waals surface area contributed by atoms with E-state index < -0.39 is 11.7 Å². The average Bonchev–Trinajstić information content (AvgIpc) is 2.63. The fourth-order valence-electron chi connectivity index (χ4n) is 2.17. The van der Waals surface area contributed by atoms with E-state index in [1.165, 1.54) is 18.2 Å². The largest absolute Gasteiger partial charge is 0.416 e. The average molecular weight is 426 g/mol. The predicted octanol–water partition coefficient (Wildman–Crippen LogP) is 6.83. The first kappa shape index (κ1) is 20.0. The molecule has 0 aliphatic heterocycles. The number of azo groups is 1. The van der Waals surface area contributed by atoms with Gasteiger partial charge in [-0.15, -0.1) is 5.11 Å². The molecule has 0 amide bonds. The summed E-state index contributed by atoms with van der Waals surface area (Å²) in [5.74, 6) is 0.432. The van der Waals surface area contributed by atoms with Crippen LogP contribution in [0.3, 0.4) is 0 Å². The molecule has 0 spiro atoms. The fraction of sp³-hybridized carbons (Fsp3) is 0.111. The molecule has 1 heterocycles. The van der Waals surface area contributed by atoms with Crippen molar-refractivity contribution in [1.82, 2.24) is 9.97 Å². The summed E-state index contributed by atoms with van der Waals surface area (Å²) in [5, 5.41) is 11.6. The molecule has 0 saturated heterocycles. The number of rotatable bonds is 5. The van der Waals surface area contributed by atoms with Crippen LogP contribution in [0.2, 0.25) is 10.2 Å². The summed E-state index contributed by atoms with van der Waals surface area (Å²) in [6.07, 6.45) is -4.37. The maximum atomic E-state index is 12.6. The van der Waals surface area contributed by atoms with Gasteiger partial charge in [-0.05, 0) is 42.0 Å². The van der Waals surface area contributed by atoms with Crippen molar-refractivity contribution in [1.29, 1.82) is 0 Å². The summed E-state index contributed by atoms with van der Waals surface area (Å²) in [7, 11) is 0. The maximum Gasteiger partial charge on any atom is 0.416 e. The lowest BCUT2D eigenvalue weighted by atomic mass is 10.1. The zero-order valence-corrected chi connectivity index (χ0v) is 15.6. The second-order valence-electron chi connectivity index (χ2n) is 5.60. The lowest BCUT2D eigenvalue weighted by Gasteiger charge is -2.06. The Morgan fingerprint density at radius 3 is 2.25 bits per heavy atom. The highest BCUT2D eigenvalue weighted by atomic mass is 35.5. The molecule has 3 rings (SSSR count). The van der Waals surface area contributed by atoms with Crippen LogP contribution in [0.5, 0.6) is 0 Å². The number of hydrogen-bond acceptors (Lipinski definition) is 5. The third-order valence-corrected chi connectivity index (χ3v) is 3.94. The molecule has 0 aliphatic rings. The summed E-state index contributed by atoms with van der Waals surface area (Å²) in [6, 6.07) is 13.2. The van der Waals surface area contributed by atoms with E-state index in [1.54, 1.807) is 24.3 Å². The number of nitrogens with one attached hydrogen (secondary N) is 1. The normalized spacial score (nSPS) is 11.8. The van der Waals surface area contributed by atoms with Gasteiger partial charge in [-0.1, -0.05) is 35.3 Å². The van der Waals surface area contributed by atoms with Gasteiger partial charge in [-0.3, -0.25) is 0 Å². The number of benzene rings is 2. The van der Waals surface area contributed by atoms with E-state index in [4.69, 9.17) is 23.2 Å². The third-order valence-electron chi connectivity index (χ3n) is 3.49. The molecule has 5 nitrogen and oxygen atoms in total. The van der Waals surface area contributed by atoms with E-state index in [0.717, 1.165) is 17.8 Å². The summed E-state index contributed by atoms with van der Waals surface area (Å²) in [5.41, 5.74) is 0.592. The quantitative estimate of drug-likeness (QED) is 0.359. The van der Waals surface area contributed by atoms with Crippen molar-refractivity contribution < 1.29 is 13.2 Å². The maximum absolute atomic E-state index is 12.6. The van der Waals surface area contributed by atoms with E-state index >= 15 is 0 Å². The van der Waals surface area contributed by atoms with Crippen molar-refractivity contribution in [2.75, 3.05) is 5.32 Å². The van der Waals surface area contributed by atoms with E-state index in [0.29, 0.717) is 16.4 Å². The van der Waals surface area contributed by atoms with E-state index in [-0.39, 0.29) is 17.6 Å². The molecule has 0 aliphatic carbocycles. The molecule has 0 atom stereocenters. The molecule has 2 aromatic carbocycles. The fourth-order valence-corrected chi connectivity index (χ4v) is 2.48. The van der Waals surface area contributed by atoms with Gasteiger partial charge >= 0.3 is 6.18 Å². The number of alkyl halides is 3. The molecule has 0 saturated carbocycles. The first-order chi connectivity index (χ1) is 13.3. The van der Waals surface area contributed by atoms with Crippen molar-refractivity contribution in [3.8, 4) is 0 Å². The summed E-state index contributed by atoms with van der Waals surface area (Å²) < 4.78 is 37.7. The summed E-state index contributed by atoms with van der Waals surface area (Å²) >= 11 is 11.8. The monoisotopic (exact) mass is 425 g/mol. The topological polar surface area (TPSA) is 62.5 Å². The first-order valence-corrected chi connectivity index (χ1v) is 8.66. The molecular weight excluding hydrogens is 414 g/mol. The Morgan fingerprint density at radius 1 is 0.929 bits per heavy atom. The Labute approximate surface area is 168 Å². The molecule has 10 heteroatoms. The predicted molar refractivity (Wildman–Crippen MR) is 101 cm³/mol. The van der Waals surface area contributed by atoms with Crippen molar-refractivity contribution in [3.05, 3.63) is 75.9 Å². The Balaban J connectivity index is 1.68. The summed E-state index contributed by atoms with van der Waals surface area (Å²) in [4.78, 5) is 8.13.